The summed E-state index contributed by atoms with van der Waals surface area (Å²) < 4.78 is 0. The normalized spacial score (nSPS) is 10.6. The smallest absolute Gasteiger partial charge is 0.0632 e. The van der Waals surface area contributed by atoms with Gasteiger partial charge in [0.25, 0.3) is 0 Å². The molecular formula is C14H11Cl3S. The van der Waals surface area contributed by atoms with E-state index in [1.165, 1.54) is 4.90 Å². The summed E-state index contributed by atoms with van der Waals surface area (Å²) >= 11 is 19.6. The molecule has 0 saturated heterocycles. The van der Waals surface area contributed by atoms with Crippen LogP contribution in [0.25, 0.3) is 0 Å². The molecular weight excluding hydrogens is 307 g/mol. The van der Waals surface area contributed by atoms with Gasteiger partial charge in [-0.25, -0.2) is 0 Å². The third-order valence-electron chi connectivity index (χ3n) is 2.50. The lowest BCUT2D eigenvalue weighted by Crippen LogP contribution is -1.84. The van der Waals surface area contributed by atoms with Crippen molar-refractivity contribution in [2.45, 2.75) is 16.5 Å². The van der Waals surface area contributed by atoms with E-state index >= 15 is 0 Å². The Balaban J connectivity index is 2.04. The molecule has 0 nitrogen and oxygen atoms in total. The van der Waals surface area contributed by atoms with E-state index in [0.29, 0.717) is 15.9 Å². The monoisotopic (exact) mass is 316 g/mol. The average molecular weight is 318 g/mol. The molecule has 0 aliphatic heterocycles. The van der Waals surface area contributed by atoms with Crippen molar-refractivity contribution in [1.29, 1.82) is 0 Å². The van der Waals surface area contributed by atoms with Crippen LogP contribution in [0.3, 0.4) is 0 Å². The number of thioether (sulfide) groups is 1. The lowest BCUT2D eigenvalue weighted by molar-refractivity contribution is 1.33. The highest BCUT2D eigenvalue weighted by Crippen LogP contribution is 2.31. The zero-order chi connectivity index (χ0) is 13.0. The Labute approximate surface area is 126 Å². The minimum Gasteiger partial charge on any atom is -0.122 e. The molecule has 0 aromatic heterocycles. The van der Waals surface area contributed by atoms with Gasteiger partial charge >= 0.3 is 0 Å². The Hall–Kier alpha value is -0.340. The van der Waals surface area contributed by atoms with Crippen LogP contribution in [0, 0.1) is 0 Å². The van der Waals surface area contributed by atoms with Crippen molar-refractivity contribution >= 4 is 46.6 Å². The van der Waals surface area contributed by atoms with Gasteiger partial charge in [0.05, 0.1) is 10.0 Å². The quantitative estimate of drug-likeness (QED) is 0.490. The molecule has 0 N–H and O–H groups in total. The molecule has 0 spiro atoms. The van der Waals surface area contributed by atoms with Crippen LogP contribution in [-0.2, 0) is 11.6 Å². The zero-order valence-electron chi connectivity index (χ0n) is 9.50. The van der Waals surface area contributed by atoms with Gasteiger partial charge < -0.3 is 0 Å². The van der Waals surface area contributed by atoms with Crippen LogP contribution in [-0.4, -0.2) is 0 Å². The van der Waals surface area contributed by atoms with Crippen molar-refractivity contribution in [2.75, 3.05) is 0 Å². The summed E-state index contributed by atoms with van der Waals surface area (Å²) in [6.45, 7) is 0. The molecule has 0 aliphatic rings. The van der Waals surface area contributed by atoms with Crippen LogP contribution in [0.4, 0.5) is 0 Å². The number of hydrogen-bond acceptors (Lipinski definition) is 1. The van der Waals surface area contributed by atoms with Crippen molar-refractivity contribution in [3.63, 3.8) is 0 Å². The van der Waals surface area contributed by atoms with E-state index in [-0.39, 0.29) is 0 Å². The third kappa shape index (κ3) is 3.58. The highest BCUT2D eigenvalue weighted by atomic mass is 35.5. The summed E-state index contributed by atoms with van der Waals surface area (Å²) in [5, 5.41) is 1.25. The molecule has 2 rings (SSSR count). The highest BCUT2D eigenvalue weighted by molar-refractivity contribution is 7.98. The number of hydrogen-bond donors (Lipinski definition) is 0. The molecule has 0 amide bonds. The van der Waals surface area contributed by atoms with Crippen LogP contribution >= 0.6 is 46.6 Å². The predicted molar refractivity (Wildman–Crippen MR) is 82.0 cm³/mol. The van der Waals surface area contributed by atoms with Crippen LogP contribution in [0.1, 0.15) is 11.1 Å². The molecule has 0 fully saturated rings. The fourth-order valence-corrected chi connectivity index (χ4v) is 3.03. The summed E-state index contributed by atoms with van der Waals surface area (Å²) in [5.74, 6) is 1.35. The van der Waals surface area contributed by atoms with Gasteiger partial charge in [-0.1, -0.05) is 47.5 Å². The van der Waals surface area contributed by atoms with Gasteiger partial charge in [-0.05, 0) is 29.3 Å². The lowest BCUT2D eigenvalue weighted by atomic mass is 10.2. The summed E-state index contributed by atoms with van der Waals surface area (Å²) in [4.78, 5) is 1.19. The molecule has 0 bridgehead atoms. The van der Waals surface area contributed by atoms with Gasteiger partial charge in [-0.15, -0.1) is 23.4 Å². The van der Waals surface area contributed by atoms with E-state index < -0.39 is 0 Å². The van der Waals surface area contributed by atoms with E-state index in [2.05, 4.69) is 12.1 Å². The molecule has 2 aromatic carbocycles. The first-order valence-corrected chi connectivity index (χ1v) is 7.69. The molecule has 18 heavy (non-hydrogen) atoms. The fraction of sp³-hybridized carbons (Fsp3) is 0.143. The second kappa shape index (κ2) is 6.72. The second-order valence-electron chi connectivity index (χ2n) is 3.78. The number of alkyl halides is 1. The van der Waals surface area contributed by atoms with Crippen LogP contribution < -0.4 is 0 Å². The maximum absolute atomic E-state index is 6.14. The van der Waals surface area contributed by atoms with Gasteiger partial charge in [0.15, 0.2) is 0 Å². The molecule has 0 heterocycles. The molecule has 0 aliphatic carbocycles. The SMILES string of the molecule is ClCc1ccc(SCc2cccc(Cl)c2Cl)cc1. The topological polar surface area (TPSA) is 0 Å². The molecule has 0 atom stereocenters. The standard InChI is InChI=1S/C14H11Cl3S/c15-8-10-4-6-12(7-5-10)18-9-11-2-1-3-13(16)14(11)17/h1-7H,8-9H2. The summed E-state index contributed by atoms with van der Waals surface area (Å²) in [6, 6.07) is 13.9. The summed E-state index contributed by atoms with van der Waals surface area (Å²) in [7, 11) is 0. The van der Waals surface area contributed by atoms with E-state index in [1.54, 1.807) is 17.8 Å². The van der Waals surface area contributed by atoms with E-state index in [0.717, 1.165) is 16.9 Å². The van der Waals surface area contributed by atoms with Gasteiger partial charge in [0.1, 0.15) is 0 Å². The third-order valence-corrected chi connectivity index (χ3v) is 4.73. The van der Waals surface area contributed by atoms with Crippen molar-refractivity contribution in [1.82, 2.24) is 0 Å². The second-order valence-corrected chi connectivity index (χ2v) is 5.88. The maximum Gasteiger partial charge on any atom is 0.0632 e. The zero-order valence-corrected chi connectivity index (χ0v) is 12.6. The van der Waals surface area contributed by atoms with Crippen LogP contribution in [0.5, 0.6) is 0 Å². The first-order valence-electron chi connectivity index (χ1n) is 5.41. The molecule has 0 saturated carbocycles. The van der Waals surface area contributed by atoms with Gasteiger partial charge in [-0.3, -0.25) is 0 Å². The largest absolute Gasteiger partial charge is 0.122 e. The van der Waals surface area contributed by atoms with Gasteiger partial charge in [0, 0.05) is 16.5 Å². The average Bonchev–Trinajstić information content (AvgIpc) is 2.41. The minimum absolute atomic E-state index is 0.547. The van der Waals surface area contributed by atoms with Crippen LogP contribution in [0.15, 0.2) is 47.4 Å². The first kappa shape index (κ1) is 14.1. The van der Waals surface area contributed by atoms with Crippen molar-refractivity contribution in [2.24, 2.45) is 0 Å². The van der Waals surface area contributed by atoms with Gasteiger partial charge in [-0.2, -0.15) is 0 Å². The Morgan fingerprint density at radius 1 is 0.944 bits per heavy atom. The Kier molecular flexibility index (Phi) is 5.25. The molecule has 0 unspecified atom stereocenters. The number of halogens is 3. The summed E-state index contributed by atoms with van der Waals surface area (Å²) in [5.41, 5.74) is 2.18. The molecule has 94 valence electrons. The van der Waals surface area contributed by atoms with E-state index in [4.69, 9.17) is 34.8 Å². The molecule has 0 radical (unpaired) electrons. The molecule has 2 aromatic rings. The van der Waals surface area contributed by atoms with Gasteiger partial charge in [0.2, 0.25) is 0 Å². The molecule has 4 heteroatoms. The minimum atomic E-state index is 0.547. The fourth-order valence-electron chi connectivity index (χ4n) is 1.50. The van der Waals surface area contributed by atoms with E-state index in [1.807, 2.05) is 24.3 Å². The summed E-state index contributed by atoms with van der Waals surface area (Å²) in [6.07, 6.45) is 0. The van der Waals surface area contributed by atoms with Crippen molar-refractivity contribution in [3.8, 4) is 0 Å². The Morgan fingerprint density at radius 3 is 2.33 bits per heavy atom. The number of rotatable bonds is 4. The number of benzene rings is 2. The van der Waals surface area contributed by atoms with E-state index in [9.17, 15) is 0 Å². The lowest BCUT2D eigenvalue weighted by Gasteiger charge is -2.06. The Bertz CT molecular complexity index is 523. The Morgan fingerprint density at radius 2 is 1.67 bits per heavy atom. The van der Waals surface area contributed by atoms with Crippen molar-refractivity contribution in [3.05, 3.63) is 63.6 Å². The van der Waals surface area contributed by atoms with Crippen LogP contribution in [0.2, 0.25) is 10.0 Å². The van der Waals surface area contributed by atoms with Crippen molar-refractivity contribution < 1.29 is 0 Å². The predicted octanol–water partition coefficient (Wildman–Crippen LogP) is 6.02. The first-order chi connectivity index (χ1) is 8.70. The maximum atomic E-state index is 6.14. The highest BCUT2D eigenvalue weighted by Gasteiger charge is 2.04.